The van der Waals surface area contributed by atoms with Gasteiger partial charge in [0.2, 0.25) is 0 Å². The standard InChI is InChI=1S/C22H21N5O2S/c1-13-25-18-10-16(28-2)4-5-17(18)21(26-13)27-7-8-29-19-6-3-14(9-15(19)12-27)20-11-24-22(23)30-20/h3-6,9-11H,7-8,12H2,1-2H3,(H2,23,24). The largest absolute Gasteiger partial charge is 0.497 e. The zero-order valence-electron chi connectivity index (χ0n) is 16.8. The molecule has 0 aliphatic carbocycles. The van der Waals surface area contributed by atoms with Crippen LogP contribution in [0.3, 0.4) is 0 Å². The maximum atomic E-state index is 6.03. The van der Waals surface area contributed by atoms with E-state index in [1.807, 2.05) is 37.4 Å². The summed E-state index contributed by atoms with van der Waals surface area (Å²) in [4.78, 5) is 16.8. The maximum absolute atomic E-state index is 6.03. The molecule has 0 bridgehead atoms. The second-order valence-electron chi connectivity index (χ2n) is 7.13. The van der Waals surface area contributed by atoms with Gasteiger partial charge < -0.3 is 20.1 Å². The van der Waals surface area contributed by atoms with Crippen LogP contribution in [-0.2, 0) is 6.54 Å². The van der Waals surface area contributed by atoms with Crippen LogP contribution >= 0.6 is 11.3 Å². The lowest BCUT2D eigenvalue weighted by molar-refractivity contribution is 0.331. The SMILES string of the molecule is COc1ccc2c(N3CCOc4ccc(-c5cnc(N)s5)cc4C3)nc(C)nc2c1. The molecule has 1 aliphatic heterocycles. The van der Waals surface area contributed by atoms with Gasteiger partial charge in [-0.15, -0.1) is 0 Å². The van der Waals surface area contributed by atoms with Gasteiger partial charge in [0.25, 0.3) is 0 Å². The van der Waals surface area contributed by atoms with E-state index in [9.17, 15) is 0 Å². The molecule has 0 saturated heterocycles. The van der Waals surface area contributed by atoms with E-state index in [0.717, 1.165) is 56.6 Å². The summed E-state index contributed by atoms with van der Waals surface area (Å²) in [6, 6.07) is 12.1. The molecule has 4 aromatic rings. The zero-order valence-corrected chi connectivity index (χ0v) is 17.6. The van der Waals surface area contributed by atoms with Crippen molar-refractivity contribution in [2.75, 3.05) is 30.9 Å². The number of hydrogen-bond donors (Lipinski definition) is 1. The van der Waals surface area contributed by atoms with Gasteiger partial charge in [-0.3, -0.25) is 0 Å². The molecule has 3 heterocycles. The van der Waals surface area contributed by atoms with Crippen LogP contribution in [0.2, 0.25) is 0 Å². The monoisotopic (exact) mass is 419 g/mol. The Kier molecular flexibility index (Phi) is 4.63. The first-order valence-corrected chi connectivity index (χ1v) is 10.5. The van der Waals surface area contributed by atoms with Crippen LogP contribution in [0.25, 0.3) is 21.3 Å². The molecule has 5 rings (SSSR count). The number of aryl methyl sites for hydroxylation is 1. The summed E-state index contributed by atoms with van der Waals surface area (Å²) in [6.45, 7) is 3.92. The molecule has 0 saturated carbocycles. The van der Waals surface area contributed by atoms with Crippen molar-refractivity contribution in [1.82, 2.24) is 15.0 Å². The molecule has 0 spiro atoms. The molecule has 0 atom stereocenters. The topological polar surface area (TPSA) is 86.4 Å². The van der Waals surface area contributed by atoms with Crippen molar-refractivity contribution in [3.63, 3.8) is 0 Å². The van der Waals surface area contributed by atoms with Crippen LogP contribution in [0, 0.1) is 6.92 Å². The maximum Gasteiger partial charge on any atom is 0.180 e. The molecule has 0 fully saturated rings. The Morgan fingerprint density at radius 3 is 2.87 bits per heavy atom. The predicted octanol–water partition coefficient (Wildman–Crippen LogP) is 4.05. The van der Waals surface area contributed by atoms with Crippen LogP contribution in [0.15, 0.2) is 42.6 Å². The van der Waals surface area contributed by atoms with Gasteiger partial charge in [-0.25, -0.2) is 15.0 Å². The van der Waals surface area contributed by atoms with Crippen LogP contribution in [0.5, 0.6) is 11.5 Å². The molecule has 152 valence electrons. The quantitative estimate of drug-likeness (QED) is 0.536. The Balaban J connectivity index is 1.56. The molecule has 0 unspecified atom stereocenters. The number of thiazole rings is 1. The number of nitrogens with zero attached hydrogens (tertiary/aromatic N) is 4. The molecule has 30 heavy (non-hydrogen) atoms. The number of methoxy groups -OCH3 is 1. The number of hydrogen-bond acceptors (Lipinski definition) is 8. The fourth-order valence-corrected chi connectivity index (χ4v) is 4.40. The van der Waals surface area contributed by atoms with Crippen molar-refractivity contribution in [3.8, 4) is 21.9 Å². The van der Waals surface area contributed by atoms with Crippen molar-refractivity contribution < 1.29 is 9.47 Å². The minimum atomic E-state index is 0.566. The van der Waals surface area contributed by atoms with E-state index in [-0.39, 0.29) is 0 Å². The molecule has 7 nitrogen and oxygen atoms in total. The van der Waals surface area contributed by atoms with Gasteiger partial charge >= 0.3 is 0 Å². The highest BCUT2D eigenvalue weighted by atomic mass is 32.1. The summed E-state index contributed by atoms with van der Waals surface area (Å²) >= 11 is 1.48. The number of nitrogen functional groups attached to an aromatic ring is 1. The van der Waals surface area contributed by atoms with Crippen LogP contribution in [-0.4, -0.2) is 35.2 Å². The van der Waals surface area contributed by atoms with E-state index >= 15 is 0 Å². The number of anilines is 2. The molecule has 0 radical (unpaired) electrons. The third kappa shape index (κ3) is 3.39. The number of rotatable bonds is 3. The molecule has 8 heteroatoms. The lowest BCUT2D eigenvalue weighted by Gasteiger charge is -2.23. The van der Waals surface area contributed by atoms with Crippen LogP contribution in [0.1, 0.15) is 11.4 Å². The van der Waals surface area contributed by atoms with E-state index < -0.39 is 0 Å². The number of benzene rings is 2. The summed E-state index contributed by atoms with van der Waals surface area (Å²) in [7, 11) is 1.66. The lowest BCUT2D eigenvalue weighted by atomic mass is 10.1. The van der Waals surface area contributed by atoms with Gasteiger partial charge in [-0.05, 0) is 42.8 Å². The average molecular weight is 420 g/mol. The van der Waals surface area contributed by atoms with Gasteiger partial charge in [0, 0.05) is 29.8 Å². The van der Waals surface area contributed by atoms with Crippen LogP contribution < -0.4 is 20.1 Å². The molecule has 0 amide bonds. The van der Waals surface area contributed by atoms with Gasteiger partial charge in [0.1, 0.15) is 29.7 Å². The highest BCUT2D eigenvalue weighted by Gasteiger charge is 2.20. The summed E-state index contributed by atoms with van der Waals surface area (Å²) in [5.41, 5.74) is 8.88. The number of nitrogens with two attached hydrogens (primary N) is 1. The van der Waals surface area contributed by atoms with Gasteiger partial charge in [0.15, 0.2) is 5.13 Å². The number of aromatic nitrogens is 3. The minimum absolute atomic E-state index is 0.566. The molecule has 1 aliphatic rings. The summed E-state index contributed by atoms with van der Waals surface area (Å²) < 4.78 is 11.4. The van der Waals surface area contributed by atoms with Crippen molar-refractivity contribution in [2.24, 2.45) is 0 Å². The molecule has 2 aromatic carbocycles. The Labute approximate surface area is 178 Å². The van der Waals surface area contributed by atoms with Crippen LogP contribution in [0.4, 0.5) is 10.9 Å². The summed E-state index contributed by atoms with van der Waals surface area (Å²) in [5, 5.41) is 1.56. The second-order valence-corrected chi connectivity index (χ2v) is 8.20. The third-order valence-electron chi connectivity index (χ3n) is 5.14. The van der Waals surface area contributed by atoms with Crippen molar-refractivity contribution in [3.05, 3.63) is 54.0 Å². The van der Waals surface area contributed by atoms with Crippen molar-refractivity contribution in [2.45, 2.75) is 13.5 Å². The second kappa shape index (κ2) is 7.46. The summed E-state index contributed by atoms with van der Waals surface area (Å²) in [6.07, 6.45) is 1.81. The van der Waals surface area contributed by atoms with E-state index in [1.54, 1.807) is 7.11 Å². The number of fused-ring (bicyclic) bond motifs is 2. The third-order valence-corrected chi connectivity index (χ3v) is 6.02. The number of ether oxygens (including phenoxy) is 2. The average Bonchev–Trinajstić information content (AvgIpc) is 3.07. The Bertz CT molecular complexity index is 1240. The van der Waals surface area contributed by atoms with Crippen molar-refractivity contribution in [1.29, 1.82) is 0 Å². The Morgan fingerprint density at radius 1 is 1.17 bits per heavy atom. The first-order valence-electron chi connectivity index (χ1n) is 9.65. The molecule has 2 aromatic heterocycles. The Hall–Kier alpha value is -3.39. The van der Waals surface area contributed by atoms with Gasteiger partial charge in [-0.2, -0.15) is 0 Å². The fraction of sp³-hybridized carbons (Fsp3) is 0.227. The van der Waals surface area contributed by atoms with E-state index in [2.05, 4.69) is 27.0 Å². The van der Waals surface area contributed by atoms with E-state index in [0.29, 0.717) is 18.3 Å². The molecule has 2 N–H and O–H groups in total. The lowest BCUT2D eigenvalue weighted by Crippen LogP contribution is -2.26. The predicted molar refractivity (Wildman–Crippen MR) is 119 cm³/mol. The first-order chi connectivity index (χ1) is 14.6. The highest BCUT2D eigenvalue weighted by molar-refractivity contribution is 7.18. The Morgan fingerprint density at radius 2 is 2.07 bits per heavy atom. The molecular weight excluding hydrogens is 398 g/mol. The van der Waals surface area contributed by atoms with Crippen molar-refractivity contribution >= 4 is 33.2 Å². The molecular formula is C22H21N5O2S. The minimum Gasteiger partial charge on any atom is -0.497 e. The zero-order chi connectivity index (χ0) is 20.7. The van der Waals surface area contributed by atoms with E-state index in [4.69, 9.17) is 20.2 Å². The normalized spacial score (nSPS) is 13.6. The first kappa shape index (κ1) is 18.6. The van der Waals surface area contributed by atoms with Gasteiger partial charge in [-0.1, -0.05) is 11.3 Å². The summed E-state index contributed by atoms with van der Waals surface area (Å²) in [5.74, 6) is 3.31. The van der Waals surface area contributed by atoms with E-state index in [1.165, 1.54) is 11.3 Å². The van der Waals surface area contributed by atoms with Gasteiger partial charge in [0.05, 0.1) is 24.0 Å². The smallest absolute Gasteiger partial charge is 0.180 e. The fourth-order valence-electron chi connectivity index (χ4n) is 3.72. The highest BCUT2D eigenvalue weighted by Crippen LogP contribution is 2.35.